The second-order valence-electron chi connectivity index (χ2n) is 8.75. The molecule has 3 aromatic rings. The summed E-state index contributed by atoms with van der Waals surface area (Å²) in [6.45, 7) is 4.57. The molecular weight excluding hydrogens is 468 g/mol. The lowest BCUT2D eigenvalue weighted by Gasteiger charge is -2.26. The Kier molecular flexibility index (Phi) is 8.78. The van der Waals surface area contributed by atoms with Crippen LogP contribution in [0.2, 0.25) is 0 Å². The maximum Gasteiger partial charge on any atom is 0.328 e. The van der Waals surface area contributed by atoms with Gasteiger partial charge >= 0.3 is 11.9 Å². The second-order valence-corrected chi connectivity index (χ2v) is 8.75. The Balaban J connectivity index is 0.000000349. The summed E-state index contributed by atoms with van der Waals surface area (Å²) < 4.78 is 0. The predicted molar refractivity (Wildman–Crippen MR) is 144 cm³/mol. The maximum atomic E-state index is 9.55. The zero-order valence-corrected chi connectivity index (χ0v) is 20.5. The molecule has 1 aromatic heterocycles. The molecule has 2 aliphatic rings. The number of nitrogens with zero attached hydrogens (tertiary/aromatic N) is 4. The minimum absolute atomic E-state index is 0.558. The number of anilines is 2. The lowest BCUT2D eigenvalue weighted by atomic mass is 10.00. The quantitative estimate of drug-likeness (QED) is 0.446. The fraction of sp³-hybridized carbons (Fsp3) is 0.241. The lowest BCUT2D eigenvalue weighted by Crippen LogP contribution is -2.27. The number of carboxylic acid groups (broad SMARTS) is 2. The van der Waals surface area contributed by atoms with Gasteiger partial charge in [0.1, 0.15) is 5.69 Å². The van der Waals surface area contributed by atoms with Crippen molar-refractivity contribution >= 4 is 34.8 Å². The predicted octanol–water partition coefficient (Wildman–Crippen LogP) is 4.90. The standard InChI is InChI=1S/C25H26N4.C4H4O4/c1-2-10-20(11-3-1)24-21-12-4-5-14-23(21)29(19-9-18-28-16-6-7-17-28)25-22(27-24)13-8-15-26-25;5-3(6)1-2-4(7)8/h1-5,8,10-15H,6-7,9,16-19H2;1-2H,(H,5,6)(H,7,8)/b;2-1+. The van der Waals surface area contributed by atoms with Gasteiger partial charge in [-0.05, 0) is 57.1 Å². The average Bonchev–Trinajstić information content (AvgIpc) is 3.39. The van der Waals surface area contributed by atoms with Crippen LogP contribution in [-0.2, 0) is 9.59 Å². The third-order valence-corrected chi connectivity index (χ3v) is 6.17. The van der Waals surface area contributed by atoms with Crippen LogP contribution >= 0.6 is 0 Å². The van der Waals surface area contributed by atoms with Crippen LogP contribution in [0.4, 0.5) is 17.2 Å². The molecule has 0 aliphatic carbocycles. The maximum absolute atomic E-state index is 9.55. The number of rotatable bonds is 7. The molecule has 0 unspecified atom stereocenters. The monoisotopic (exact) mass is 498 g/mol. The molecule has 8 nitrogen and oxygen atoms in total. The Morgan fingerprint density at radius 3 is 2.22 bits per heavy atom. The largest absolute Gasteiger partial charge is 0.478 e. The van der Waals surface area contributed by atoms with Crippen LogP contribution in [-0.4, -0.2) is 63.9 Å². The first-order valence-corrected chi connectivity index (χ1v) is 12.4. The second kappa shape index (κ2) is 12.6. The zero-order chi connectivity index (χ0) is 26.0. The van der Waals surface area contributed by atoms with E-state index in [-0.39, 0.29) is 0 Å². The Hall–Kier alpha value is -4.30. The van der Waals surface area contributed by atoms with Crippen LogP contribution in [0.5, 0.6) is 0 Å². The molecule has 1 fully saturated rings. The number of aliphatic carboxylic acids is 2. The Morgan fingerprint density at radius 1 is 0.838 bits per heavy atom. The van der Waals surface area contributed by atoms with E-state index in [0.717, 1.165) is 47.9 Å². The molecule has 0 atom stereocenters. The van der Waals surface area contributed by atoms with Crippen molar-refractivity contribution in [1.82, 2.24) is 9.88 Å². The van der Waals surface area contributed by atoms with Gasteiger partial charge in [-0.15, -0.1) is 0 Å². The van der Waals surface area contributed by atoms with Gasteiger partial charge in [0.25, 0.3) is 0 Å². The number of para-hydroxylation sites is 1. The van der Waals surface area contributed by atoms with E-state index in [9.17, 15) is 9.59 Å². The first-order chi connectivity index (χ1) is 18.0. The number of carbonyl (C=O) groups is 2. The number of likely N-dealkylation sites (tertiary alicyclic amines) is 1. The number of aliphatic imine (C=N–C) groups is 1. The molecule has 0 saturated carbocycles. The topological polar surface area (TPSA) is 106 Å². The molecule has 5 rings (SSSR count). The lowest BCUT2D eigenvalue weighted by molar-refractivity contribution is -0.134. The number of hydrogen-bond donors (Lipinski definition) is 2. The molecule has 0 spiro atoms. The van der Waals surface area contributed by atoms with Crippen LogP contribution in [0.25, 0.3) is 0 Å². The molecule has 0 amide bonds. The van der Waals surface area contributed by atoms with Gasteiger partial charge in [0.2, 0.25) is 0 Å². The summed E-state index contributed by atoms with van der Waals surface area (Å²) in [6, 6.07) is 23.1. The van der Waals surface area contributed by atoms with E-state index in [1.54, 1.807) is 0 Å². The van der Waals surface area contributed by atoms with Crippen molar-refractivity contribution < 1.29 is 19.8 Å². The van der Waals surface area contributed by atoms with Gasteiger partial charge in [-0.3, -0.25) is 0 Å². The fourth-order valence-electron chi connectivity index (χ4n) is 4.53. The summed E-state index contributed by atoms with van der Waals surface area (Å²) in [5, 5.41) is 15.6. The third-order valence-electron chi connectivity index (χ3n) is 6.17. The highest BCUT2D eigenvalue weighted by atomic mass is 16.4. The summed E-state index contributed by atoms with van der Waals surface area (Å²) in [5.74, 6) is -1.56. The molecule has 3 heterocycles. The first kappa shape index (κ1) is 25.8. The summed E-state index contributed by atoms with van der Waals surface area (Å²) in [7, 11) is 0. The summed E-state index contributed by atoms with van der Waals surface area (Å²) in [6.07, 6.45) is 6.78. The van der Waals surface area contributed by atoms with Gasteiger partial charge in [-0.1, -0.05) is 48.5 Å². The fourth-order valence-corrected chi connectivity index (χ4v) is 4.53. The Bertz CT molecular complexity index is 1270. The third kappa shape index (κ3) is 6.89. The van der Waals surface area contributed by atoms with E-state index in [2.05, 4.69) is 64.4 Å². The number of hydrogen-bond acceptors (Lipinski definition) is 6. The number of fused-ring (bicyclic) bond motifs is 2. The first-order valence-electron chi connectivity index (χ1n) is 12.4. The van der Waals surface area contributed by atoms with Crippen molar-refractivity contribution in [3.8, 4) is 0 Å². The van der Waals surface area contributed by atoms with Crippen LogP contribution in [0, 0.1) is 0 Å². The van der Waals surface area contributed by atoms with Gasteiger partial charge in [0.05, 0.1) is 11.4 Å². The highest BCUT2D eigenvalue weighted by Gasteiger charge is 2.24. The minimum atomic E-state index is -1.26. The molecule has 0 radical (unpaired) electrons. The van der Waals surface area contributed by atoms with E-state index in [1.807, 2.05) is 18.3 Å². The van der Waals surface area contributed by atoms with Crippen molar-refractivity contribution in [2.45, 2.75) is 19.3 Å². The van der Waals surface area contributed by atoms with E-state index in [1.165, 1.54) is 31.6 Å². The van der Waals surface area contributed by atoms with E-state index < -0.39 is 11.9 Å². The van der Waals surface area contributed by atoms with Gasteiger partial charge in [0, 0.05) is 36.0 Å². The molecule has 2 aromatic carbocycles. The molecular formula is C29H30N4O4. The van der Waals surface area contributed by atoms with E-state index >= 15 is 0 Å². The molecule has 8 heteroatoms. The minimum Gasteiger partial charge on any atom is -0.478 e. The number of pyridine rings is 1. The molecule has 190 valence electrons. The number of aromatic nitrogens is 1. The van der Waals surface area contributed by atoms with Crippen molar-refractivity contribution in [3.63, 3.8) is 0 Å². The van der Waals surface area contributed by atoms with Crippen LogP contribution in [0.3, 0.4) is 0 Å². The van der Waals surface area contributed by atoms with Gasteiger partial charge in [0.15, 0.2) is 5.82 Å². The normalized spacial score (nSPS) is 14.7. The van der Waals surface area contributed by atoms with Crippen LogP contribution in [0.15, 0.2) is 90.1 Å². The summed E-state index contributed by atoms with van der Waals surface area (Å²) in [4.78, 5) is 33.9. The highest BCUT2D eigenvalue weighted by Crippen LogP contribution is 2.39. The molecule has 2 N–H and O–H groups in total. The number of carboxylic acids is 2. The summed E-state index contributed by atoms with van der Waals surface area (Å²) in [5.41, 5.74) is 5.43. The van der Waals surface area contributed by atoms with Crippen molar-refractivity contribution in [3.05, 3.63) is 96.2 Å². The van der Waals surface area contributed by atoms with Crippen molar-refractivity contribution in [1.29, 1.82) is 0 Å². The molecule has 37 heavy (non-hydrogen) atoms. The Labute approximate surface area is 216 Å². The smallest absolute Gasteiger partial charge is 0.328 e. The van der Waals surface area contributed by atoms with Gasteiger partial charge < -0.3 is 20.0 Å². The Morgan fingerprint density at radius 2 is 1.51 bits per heavy atom. The van der Waals surface area contributed by atoms with Crippen molar-refractivity contribution in [2.75, 3.05) is 31.1 Å². The van der Waals surface area contributed by atoms with Crippen LogP contribution < -0.4 is 4.90 Å². The zero-order valence-electron chi connectivity index (χ0n) is 20.5. The highest BCUT2D eigenvalue weighted by molar-refractivity contribution is 6.18. The van der Waals surface area contributed by atoms with Gasteiger partial charge in [-0.2, -0.15) is 0 Å². The van der Waals surface area contributed by atoms with Gasteiger partial charge in [-0.25, -0.2) is 19.6 Å². The van der Waals surface area contributed by atoms with Crippen molar-refractivity contribution in [2.24, 2.45) is 4.99 Å². The number of benzene rings is 2. The van der Waals surface area contributed by atoms with Crippen LogP contribution in [0.1, 0.15) is 30.4 Å². The molecule has 1 saturated heterocycles. The van der Waals surface area contributed by atoms with E-state index in [0.29, 0.717) is 12.2 Å². The molecule has 0 bridgehead atoms. The molecule has 2 aliphatic heterocycles. The van der Waals surface area contributed by atoms with E-state index in [4.69, 9.17) is 20.2 Å². The summed E-state index contributed by atoms with van der Waals surface area (Å²) >= 11 is 0. The average molecular weight is 499 g/mol. The SMILES string of the molecule is O=C(O)/C=C/C(=O)O.c1ccc(C2=Nc3cccnc3N(CCCN3CCCC3)c3ccccc32)cc1.